The summed E-state index contributed by atoms with van der Waals surface area (Å²) in [7, 11) is 0. The van der Waals surface area contributed by atoms with E-state index in [2.05, 4.69) is 15.2 Å². The lowest BCUT2D eigenvalue weighted by Gasteiger charge is -2.01. The largest absolute Gasteiger partial charge is 0.398 e. The van der Waals surface area contributed by atoms with Crippen LogP contribution in [0.4, 0.5) is 11.6 Å². The highest BCUT2D eigenvalue weighted by atomic mass is 35.5. The Balaban J connectivity index is 2.55. The van der Waals surface area contributed by atoms with E-state index in [1.807, 2.05) is 0 Å². The van der Waals surface area contributed by atoms with Gasteiger partial charge in [0.2, 0.25) is 5.95 Å². The second-order valence-electron chi connectivity index (χ2n) is 2.77. The fourth-order valence-corrected chi connectivity index (χ4v) is 1.30. The van der Waals surface area contributed by atoms with Crippen LogP contribution in [0.15, 0.2) is 18.2 Å². The summed E-state index contributed by atoms with van der Waals surface area (Å²) in [5, 5.41) is 6.96. The zero-order chi connectivity index (χ0) is 10.1. The van der Waals surface area contributed by atoms with Crippen LogP contribution in [0.1, 0.15) is 0 Å². The predicted octanol–water partition coefficient (Wildman–Crippen LogP) is 1.29. The van der Waals surface area contributed by atoms with Crippen molar-refractivity contribution < 1.29 is 0 Å². The van der Waals surface area contributed by atoms with Crippen molar-refractivity contribution in [2.45, 2.75) is 0 Å². The van der Waals surface area contributed by atoms with Gasteiger partial charge in [0.05, 0.1) is 0 Å². The number of nitrogens with one attached hydrogen (secondary N) is 1. The molecule has 1 aromatic carbocycles. The molecule has 0 atom stereocenters. The van der Waals surface area contributed by atoms with Gasteiger partial charge >= 0.3 is 0 Å². The monoisotopic (exact) mass is 209 g/mol. The normalized spacial score (nSPS) is 10.4. The smallest absolute Gasteiger partial charge is 0.239 e. The molecule has 0 radical (unpaired) electrons. The molecule has 2 rings (SSSR count). The number of aromatic nitrogens is 3. The standard InChI is InChI=1S/C8H8ClN5/c9-4-1-2-6(10)5(3-4)7-12-8(11)14-13-7/h1-3H,10H2,(H3,11,12,13,14). The molecule has 0 unspecified atom stereocenters. The fraction of sp³-hybridized carbons (Fsp3) is 0. The molecular formula is C8H8ClN5. The highest BCUT2D eigenvalue weighted by Crippen LogP contribution is 2.26. The van der Waals surface area contributed by atoms with Gasteiger partial charge in [-0.15, -0.1) is 5.10 Å². The van der Waals surface area contributed by atoms with Gasteiger partial charge in [-0.1, -0.05) is 11.6 Å². The van der Waals surface area contributed by atoms with Crippen LogP contribution in [0.3, 0.4) is 0 Å². The van der Waals surface area contributed by atoms with E-state index in [9.17, 15) is 0 Å². The Labute approximate surface area is 85.1 Å². The summed E-state index contributed by atoms with van der Waals surface area (Å²) in [5.41, 5.74) is 12.4. The molecule has 72 valence electrons. The van der Waals surface area contributed by atoms with Gasteiger partial charge in [0.1, 0.15) is 0 Å². The van der Waals surface area contributed by atoms with E-state index in [4.69, 9.17) is 23.1 Å². The summed E-state index contributed by atoms with van der Waals surface area (Å²) in [6.45, 7) is 0. The van der Waals surface area contributed by atoms with Gasteiger partial charge in [0, 0.05) is 16.3 Å². The maximum atomic E-state index is 5.82. The molecule has 1 heterocycles. The lowest BCUT2D eigenvalue weighted by molar-refractivity contribution is 1.10. The Bertz CT molecular complexity index is 465. The van der Waals surface area contributed by atoms with Crippen molar-refractivity contribution in [3.63, 3.8) is 0 Å². The highest BCUT2D eigenvalue weighted by Gasteiger charge is 2.07. The van der Waals surface area contributed by atoms with Crippen molar-refractivity contribution >= 4 is 23.2 Å². The SMILES string of the molecule is Nc1n[nH]c(-c2cc(Cl)ccc2N)n1. The van der Waals surface area contributed by atoms with Crippen molar-refractivity contribution in [3.05, 3.63) is 23.2 Å². The van der Waals surface area contributed by atoms with Crippen LogP contribution in [0.5, 0.6) is 0 Å². The van der Waals surface area contributed by atoms with Crippen LogP contribution in [0.2, 0.25) is 5.02 Å². The second kappa shape index (κ2) is 3.19. The number of benzene rings is 1. The topological polar surface area (TPSA) is 93.6 Å². The molecule has 0 saturated carbocycles. The molecule has 5 nitrogen and oxygen atoms in total. The second-order valence-corrected chi connectivity index (χ2v) is 3.21. The van der Waals surface area contributed by atoms with E-state index in [0.717, 1.165) is 0 Å². The number of anilines is 2. The Morgan fingerprint density at radius 3 is 2.71 bits per heavy atom. The number of halogens is 1. The van der Waals surface area contributed by atoms with E-state index >= 15 is 0 Å². The molecular weight excluding hydrogens is 202 g/mol. The molecule has 0 amide bonds. The highest BCUT2D eigenvalue weighted by molar-refractivity contribution is 6.31. The van der Waals surface area contributed by atoms with Crippen molar-refractivity contribution in [3.8, 4) is 11.4 Å². The van der Waals surface area contributed by atoms with Crippen LogP contribution in [0, 0.1) is 0 Å². The minimum absolute atomic E-state index is 0.180. The predicted molar refractivity (Wildman–Crippen MR) is 55.7 cm³/mol. The third kappa shape index (κ3) is 1.49. The number of hydrogen-bond acceptors (Lipinski definition) is 4. The van der Waals surface area contributed by atoms with Crippen molar-refractivity contribution in [1.29, 1.82) is 0 Å². The molecule has 0 aliphatic carbocycles. The van der Waals surface area contributed by atoms with Crippen molar-refractivity contribution in [1.82, 2.24) is 15.2 Å². The van der Waals surface area contributed by atoms with Crippen LogP contribution in [-0.4, -0.2) is 15.2 Å². The summed E-state index contributed by atoms with van der Waals surface area (Å²) in [6.07, 6.45) is 0. The van der Waals surface area contributed by atoms with Crippen LogP contribution < -0.4 is 11.5 Å². The summed E-state index contributed by atoms with van der Waals surface area (Å²) in [4.78, 5) is 3.96. The maximum absolute atomic E-state index is 5.82. The number of hydrogen-bond donors (Lipinski definition) is 3. The molecule has 0 fully saturated rings. The van der Waals surface area contributed by atoms with Gasteiger partial charge < -0.3 is 11.5 Å². The van der Waals surface area contributed by atoms with Gasteiger partial charge in [-0.25, -0.2) is 0 Å². The fourth-order valence-electron chi connectivity index (χ4n) is 1.13. The number of H-pyrrole nitrogens is 1. The number of nitrogens with zero attached hydrogens (tertiary/aromatic N) is 2. The number of nitrogen functional groups attached to an aromatic ring is 2. The van der Waals surface area contributed by atoms with Crippen LogP contribution >= 0.6 is 11.6 Å². The third-order valence-electron chi connectivity index (χ3n) is 1.77. The van der Waals surface area contributed by atoms with E-state index in [-0.39, 0.29) is 5.95 Å². The van der Waals surface area contributed by atoms with Gasteiger partial charge in [-0.3, -0.25) is 5.10 Å². The molecule has 1 aromatic heterocycles. The van der Waals surface area contributed by atoms with Crippen LogP contribution in [0.25, 0.3) is 11.4 Å². The average molecular weight is 210 g/mol. The average Bonchev–Trinajstić information content (AvgIpc) is 2.56. The van der Waals surface area contributed by atoms with Gasteiger partial charge in [0.25, 0.3) is 0 Å². The number of aromatic amines is 1. The van der Waals surface area contributed by atoms with Gasteiger partial charge in [-0.2, -0.15) is 4.98 Å². The number of rotatable bonds is 1. The molecule has 0 spiro atoms. The molecule has 2 aromatic rings. The molecule has 0 aliphatic heterocycles. The zero-order valence-electron chi connectivity index (χ0n) is 7.16. The lowest BCUT2D eigenvalue weighted by Crippen LogP contribution is -1.91. The van der Waals surface area contributed by atoms with E-state index < -0.39 is 0 Å². The molecule has 5 N–H and O–H groups in total. The molecule has 6 heteroatoms. The summed E-state index contributed by atoms with van der Waals surface area (Å²) < 4.78 is 0. The van der Waals surface area contributed by atoms with Crippen molar-refractivity contribution in [2.24, 2.45) is 0 Å². The quantitative estimate of drug-likeness (QED) is 0.617. The molecule has 0 bridgehead atoms. The maximum Gasteiger partial charge on any atom is 0.239 e. The first-order valence-electron chi connectivity index (χ1n) is 3.90. The Hall–Kier alpha value is -1.75. The van der Waals surface area contributed by atoms with E-state index in [1.165, 1.54) is 0 Å². The van der Waals surface area contributed by atoms with E-state index in [0.29, 0.717) is 22.1 Å². The first-order valence-corrected chi connectivity index (χ1v) is 4.28. The number of nitrogens with two attached hydrogens (primary N) is 2. The minimum atomic E-state index is 0.180. The summed E-state index contributed by atoms with van der Waals surface area (Å²) in [6, 6.07) is 5.12. The minimum Gasteiger partial charge on any atom is -0.398 e. The molecule has 0 saturated heterocycles. The molecule has 0 aliphatic rings. The first kappa shape index (κ1) is 8.83. The first-order chi connectivity index (χ1) is 6.66. The Morgan fingerprint density at radius 1 is 1.29 bits per heavy atom. The zero-order valence-corrected chi connectivity index (χ0v) is 7.92. The Morgan fingerprint density at radius 2 is 2.07 bits per heavy atom. The van der Waals surface area contributed by atoms with E-state index in [1.54, 1.807) is 18.2 Å². The lowest BCUT2D eigenvalue weighted by atomic mass is 10.2. The van der Waals surface area contributed by atoms with Gasteiger partial charge in [0.15, 0.2) is 5.82 Å². The van der Waals surface area contributed by atoms with Crippen molar-refractivity contribution in [2.75, 3.05) is 11.5 Å². The summed E-state index contributed by atoms with van der Waals surface area (Å²) in [5.74, 6) is 0.696. The molecule has 14 heavy (non-hydrogen) atoms. The third-order valence-corrected chi connectivity index (χ3v) is 2.01. The van der Waals surface area contributed by atoms with Crippen LogP contribution in [-0.2, 0) is 0 Å². The Kier molecular flexibility index (Phi) is 2.01. The van der Waals surface area contributed by atoms with Gasteiger partial charge in [-0.05, 0) is 18.2 Å². The summed E-state index contributed by atoms with van der Waals surface area (Å²) >= 11 is 5.82.